The van der Waals surface area contributed by atoms with Gasteiger partial charge in [-0.25, -0.2) is 4.68 Å². The van der Waals surface area contributed by atoms with E-state index in [1.165, 1.54) is 11.6 Å². The van der Waals surface area contributed by atoms with Gasteiger partial charge in [0.25, 0.3) is 0 Å². The fourth-order valence-electron chi connectivity index (χ4n) is 3.30. The van der Waals surface area contributed by atoms with Crippen LogP contribution in [-0.2, 0) is 9.59 Å². The van der Waals surface area contributed by atoms with Gasteiger partial charge in [0.1, 0.15) is 17.0 Å². The highest BCUT2D eigenvalue weighted by atomic mass is 16.3. The lowest BCUT2D eigenvalue weighted by atomic mass is 10.1. The summed E-state index contributed by atoms with van der Waals surface area (Å²) in [7, 11) is 0. The van der Waals surface area contributed by atoms with E-state index in [9.17, 15) is 14.7 Å². The number of hydrogen-bond donors (Lipinski definition) is 2. The summed E-state index contributed by atoms with van der Waals surface area (Å²) in [5, 5.41) is 21.7. The molecule has 0 radical (unpaired) electrons. The molecule has 158 valence electrons. The van der Waals surface area contributed by atoms with Crippen LogP contribution in [-0.4, -0.2) is 31.8 Å². The number of aliphatic hydroxyl groups is 1. The molecule has 0 aliphatic carbocycles. The third kappa shape index (κ3) is 4.32. The van der Waals surface area contributed by atoms with Crippen LogP contribution in [0.5, 0.6) is 0 Å². The Balaban J connectivity index is 1.97. The number of benzene rings is 3. The number of nitrogens with one attached hydrogen (secondary N) is 1. The van der Waals surface area contributed by atoms with Crippen molar-refractivity contribution in [3.8, 4) is 0 Å². The molecule has 2 N–H and O–H groups in total. The minimum atomic E-state index is -0.547. The van der Waals surface area contributed by atoms with Crippen LogP contribution >= 0.6 is 0 Å². The van der Waals surface area contributed by atoms with Crippen molar-refractivity contribution in [2.75, 3.05) is 0 Å². The van der Waals surface area contributed by atoms with Crippen molar-refractivity contribution < 1.29 is 14.7 Å². The Bertz CT molecular complexity index is 1340. The maximum absolute atomic E-state index is 13.5. The van der Waals surface area contributed by atoms with Gasteiger partial charge in [-0.1, -0.05) is 78.0 Å². The number of para-hydroxylation sites is 1. The Morgan fingerprint density at radius 1 is 0.875 bits per heavy atom. The molecule has 1 aromatic heterocycles. The first-order chi connectivity index (χ1) is 15.5. The zero-order valence-corrected chi connectivity index (χ0v) is 17.3. The summed E-state index contributed by atoms with van der Waals surface area (Å²) in [5.74, 6) is -1.10. The summed E-state index contributed by atoms with van der Waals surface area (Å²) in [5.41, 5.74) is 2.59. The van der Waals surface area contributed by atoms with Crippen molar-refractivity contribution in [1.29, 1.82) is 0 Å². The number of allylic oxidation sites excluding steroid dienone is 2. The number of carbonyl (C=O) groups excluding carboxylic acids is 2. The van der Waals surface area contributed by atoms with Gasteiger partial charge >= 0.3 is 0 Å². The second kappa shape index (κ2) is 9.09. The highest BCUT2D eigenvalue weighted by molar-refractivity contribution is 6.29. The lowest BCUT2D eigenvalue weighted by Gasteiger charge is -2.15. The van der Waals surface area contributed by atoms with Crippen molar-refractivity contribution in [3.05, 3.63) is 102 Å². The maximum atomic E-state index is 13.5. The summed E-state index contributed by atoms with van der Waals surface area (Å²) >= 11 is 0. The highest BCUT2D eigenvalue weighted by Gasteiger charge is 2.22. The van der Waals surface area contributed by atoms with Gasteiger partial charge in [-0.05, 0) is 12.1 Å². The molecule has 4 rings (SSSR count). The minimum absolute atomic E-state index is 0.0579. The van der Waals surface area contributed by atoms with Crippen LogP contribution in [0.2, 0.25) is 0 Å². The number of nitrogens with zero attached hydrogens (tertiary/aromatic N) is 3. The monoisotopic (exact) mass is 424 g/mol. The van der Waals surface area contributed by atoms with Crippen LogP contribution in [0.25, 0.3) is 28.2 Å². The Morgan fingerprint density at radius 2 is 1.47 bits per heavy atom. The first-order valence-corrected chi connectivity index (χ1v) is 9.93. The number of carbonyl (C=O) groups is 2. The summed E-state index contributed by atoms with van der Waals surface area (Å²) < 4.78 is 1.38. The van der Waals surface area contributed by atoms with Gasteiger partial charge in [-0.15, -0.1) is 5.10 Å². The van der Waals surface area contributed by atoms with Crippen LogP contribution in [0.15, 0.2) is 91.0 Å². The molecular formula is C25H20N4O3. The Labute approximate surface area is 184 Å². The molecule has 7 nitrogen and oxygen atoms in total. The molecule has 0 spiro atoms. The summed E-state index contributed by atoms with van der Waals surface area (Å²) in [4.78, 5) is 25.6. The zero-order chi connectivity index (χ0) is 22.5. The SMILES string of the molecule is CC(=O)NC(=C(C(=O)C=C(O)c1ccccc1)n1nnc2ccccc21)c1ccccc1. The van der Waals surface area contributed by atoms with E-state index in [0.717, 1.165) is 6.08 Å². The zero-order valence-electron chi connectivity index (χ0n) is 17.3. The van der Waals surface area contributed by atoms with E-state index in [1.54, 1.807) is 60.7 Å². The molecule has 3 aromatic carbocycles. The molecule has 0 aliphatic heterocycles. The van der Waals surface area contributed by atoms with Crippen molar-refractivity contribution >= 4 is 39.9 Å². The number of hydrogen-bond acceptors (Lipinski definition) is 5. The Hall–Kier alpha value is -4.52. The second-order valence-electron chi connectivity index (χ2n) is 7.02. The predicted molar refractivity (Wildman–Crippen MR) is 123 cm³/mol. The Morgan fingerprint density at radius 3 is 2.12 bits per heavy atom. The summed E-state index contributed by atoms with van der Waals surface area (Å²) in [6, 6.07) is 24.9. The average molecular weight is 424 g/mol. The van der Waals surface area contributed by atoms with Gasteiger partial charge < -0.3 is 10.4 Å². The van der Waals surface area contributed by atoms with Gasteiger partial charge in [0.15, 0.2) is 0 Å². The van der Waals surface area contributed by atoms with Gasteiger partial charge in [0, 0.05) is 24.1 Å². The molecule has 7 heteroatoms. The fourth-order valence-corrected chi connectivity index (χ4v) is 3.30. The molecule has 1 heterocycles. The van der Waals surface area contributed by atoms with E-state index >= 15 is 0 Å². The molecule has 0 aliphatic rings. The number of aliphatic hydroxyl groups excluding tert-OH is 1. The minimum Gasteiger partial charge on any atom is -0.507 e. The first-order valence-electron chi connectivity index (χ1n) is 9.93. The Kier molecular flexibility index (Phi) is 5.89. The molecule has 0 unspecified atom stereocenters. The van der Waals surface area contributed by atoms with E-state index in [-0.39, 0.29) is 23.1 Å². The van der Waals surface area contributed by atoms with E-state index in [2.05, 4.69) is 15.6 Å². The molecule has 1 amide bonds. The molecule has 0 saturated carbocycles. The quantitative estimate of drug-likeness (QED) is 0.359. The van der Waals surface area contributed by atoms with Crippen LogP contribution in [0.3, 0.4) is 0 Å². The molecule has 0 fully saturated rings. The van der Waals surface area contributed by atoms with Gasteiger partial charge in [-0.2, -0.15) is 0 Å². The van der Waals surface area contributed by atoms with Crippen molar-refractivity contribution in [1.82, 2.24) is 20.3 Å². The largest absolute Gasteiger partial charge is 0.507 e. The lowest BCUT2D eigenvalue weighted by Crippen LogP contribution is -2.24. The lowest BCUT2D eigenvalue weighted by molar-refractivity contribution is -0.117. The average Bonchev–Trinajstić information content (AvgIpc) is 3.23. The molecule has 0 atom stereocenters. The van der Waals surface area contributed by atoms with E-state index in [4.69, 9.17) is 0 Å². The fraction of sp³-hybridized carbons (Fsp3) is 0.0400. The van der Waals surface area contributed by atoms with Crippen LogP contribution in [0, 0.1) is 0 Å². The third-order valence-corrected chi connectivity index (χ3v) is 4.73. The van der Waals surface area contributed by atoms with Gasteiger partial charge in [-0.3, -0.25) is 9.59 Å². The standard InChI is InChI=1S/C25H20N4O3/c1-17(30)26-24(19-12-6-3-7-13-19)25(29-21-15-9-8-14-20(21)27-28-29)23(32)16-22(31)18-10-4-2-5-11-18/h2-16,31H,1H3,(H,26,30). The van der Waals surface area contributed by atoms with Crippen LogP contribution in [0.4, 0.5) is 0 Å². The third-order valence-electron chi connectivity index (χ3n) is 4.73. The van der Waals surface area contributed by atoms with Gasteiger partial charge in [0.2, 0.25) is 11.7 Å². The van der Waals surface area contributed by atoms with E-state index < -0.39 is 5.78 Å². The van der Waals surface area contributed by atoms with Crippen molar-refractivity contribution in [3.63, 3.8) is 0 Å². The number of rotatable bonds is 6. The number of ketones is 1. The van der Waals surface area contributed by atoms with Crippen LogP contribution < -0.4 is 5.32 Å². The summed E-state index contributed by atoms with van der Waals surface area (Å²) in [6.07, 6.45) is 1.12. The van der Waals surface area contributed by atoms with Crippen LogP contribution in [0.1, 0.15) is 18.1 Å². The normalized spacial score (nSPS) is 12.3. The first kappa shape index (κ1) is 20.7. The smallest absolute Gasteiger partial charge is 0.221 e. The predicted octanol–water partition coefficient (Wildman–Crippen LogP) is 4.06. The molecular weight excluding hydrogens is 404 g/mol. The molecule has 0 saturated heterocycles. The van der Waals surface area contributed by atoms with E-state index in [1.807, 2.05) is 24.3 Å². The summed E-state index contributed by atoms with van der Waals surface area (Å²) in [6.45, 7) is 1.36. The number of amides is 1. The number of aromatic nitrogens is 3. The van der Waals surface area contributed by atoms with Crippen molar-refractivity contribution in [2.24, 2.45) is 0 Å². The topological polar surface area (TPSA) is 97.1 Å². The van der Waals surface area contributed by atoms with Crippen molar-refractivity contribution in [2.45, 2.75) is 6.92 Å². The van der Waals surface area contributed by atoms with Gasteiger partial charge in [0.05, 0.1) is 11.2 Å². The molecule has 32 heavy (non-hydrogen) atoms. The number of fused-ring (bicyclic) bond motifs is 1. The highest BCUT2D eigenvalue weighted by Crippen LogP contribution is 2.25. The molecule has 4 aromatic rings. The van der Waals surface area contributed by atoms with E-state index in [0.29, 0.717) is 22.2 Å². The maximum Gasteiger partial charge on any atom is 0.221 e. The molecule has 0 bridgehead atoms. The second-order valence-corrected chi connectivity index (χ2v) is 7.02.